The molecule has 0 bridgehead atoms. The number of aliphatic hydroxyl groups excluding tert-OH is 1. The molecule has 4 fully saturated rings. The Bertz CT molecular complexity index is 344. The molecule has 2 N–H and O–H groups in total. The van der Waals surface area contributed by atoms with Crippen LogP contribution in [-0.2, 0) is 9.47 Å². The fourth-order valence-electron chi connectivity index (χ4n) is 4.97. The average Bonchev–Trinajstić information content (AvgIpc) is 3.00. The number of hydrogen-bond acceptors (Lipinski definition) is 4. The molecule has 3 atom stereocenters. The van der Waals surface area contributed by atoms with E-state index in [0.29, 0.717) is 30.8 Å². The van der Waals surface area contributed by atoms with E-state index in [1.165, 1.54) is 32.1 Å². The van der Waals surface area contributed by atoms with Crippen LogP contribution < -0.4 is 5.32 Å². The SMILES string of the molecule is OCC1(CNC2C3CCOC3C23CCCC3)COC1. The van der Waals surface area contributed by atoms with E-state index in [0.717, 1.165) is 19.1 Å². The number of hydrogen-bond donors (Lipinski definition) is 2. The minimum Gasteiger partial charge on any atom is -0.396 e. The van der Waals surface area contributed by atoms with Crippen LogP contribution in [-0.4, -0.2) is 50.2 Å². The summed E-state index contributed by atoms with van der Waals surface area (Å²) in [5, 5.41) is 13.3. The van der Waals surface area contributed by atoms with E-state index in [1.807, 2.05) is 0 Å². The van der Waals surface area contributed by atoms with Crippen LogP contribution >= 0.6 is 0 Å². The first-order valence-corrected chi connectivity index (χ1v) is 7.83. The Hall–Kier alpha value is -0.160. The van der Waals surface area contributed by atoms with E-state index in [-0.39, 0.29) is 12.0 Å². The van der Waals surface area contributed by atoms with Crippen LogP contribution in [0.2, 0.25) is 0 Å². The van der Waals surface area contributed by atoms with Gasteiger partial charge in [0, 0.05) is 30.5 Å². The van der Waals surface area contributed by atoms with E-state index in [1.54, 1.807) is 0 Å². The molecule has 0 aromatic rings. The van der Waals surface area contributed by atoms with Crippen molar-refractivity contribution in [3.05, 3.63) is 0 Å². The lowest BCUT2D eigenvalue weighted by Crippen LogP contribution is -2.69. The van der Waals surface area contributed by atoms with Crippen molar-refractivity contribution in [3.8, 4) is 0 Å². The van der Waals surface area contributed by atoms with Gasteiger partial charge in [-0.2, -0.15) is 0 Å². The topological polar surface area (TPSA) is 50.7 Å². The van der Waals surface area contributed by atoms with Gasteiger partial charge < -0.3 is 19.9 Å². The van der Waals surface area contributed by atoms with Crippen molar-refractivity contribution in [1.29, 1.82) is 0 Å². The smallest absolute Gasteiger partial charge is 0.0690 e. The van der Waals surface area contributed by atoms with Gasteiger partial charge in [0.25, 0.3) is 0 Å². The van der Waals surface area contributed by atoms with Crippen LogP contribution in [0.5, 0.6) is 0 Å². The maximum absolute atomic E-state index is 9.54. The van der Waals surface area contributed by atoms with Gasteiger partial charge in [0.05, 0.1) is 31.3 Å². The van der Waals surface area contributed by atoms with Crippen LogP contribution in [0.15, 0.2) is 0 Å². The molecule has 4 aliphatic rings. The van der Waals surface area contributed by atoms with Crippen molar-refractivity contribution in [1.82, 2.24) is 5.32 Å². The van der Waals surface area contributed by atoms with Crippen molar-refractivity contribution >= 4 is 0 Å². The van der Waals surface area contributed by atoms with Crippen molar-refractivity contribution in [2.75, 3.05) is 33.0 Å². The highest BCUT2D eigenvalue weighted by Crippen LogP contribution is 2.60. The van der Waals surface area contributed by atoms with Gasteiger partial charge in [-0.05, 0) is 19.3 Å². The predicted molar refractivity (Wildman–Crippen MR) is 70.9 cm³/mol. The fourth-order valence-corrected chi connectivity index (χ4v) is 4.97. The molecule has 2 aliphatic heterocycles. The summed E-state index contributed by atoms with van der Waals surface area (Å²) in [5.41, 5.74) is 0.409. The third-order valence-corrected chi connectivity index (χ3v) is 6.13. The second-order valence-corrected chi connectivity index (χ2v) is 7.19. The van der Waals surface area contributed by atoms with Gasteiger partial charge >= 0.3 is 0 Å². The summed E-state index contributed by atoms with van der Waals surface area (Å²) in [5.74, 6) is 0.717. The van der Waals surface area contributed by atoms with E-state index in [9.17, 15) is 5.11 Å². The second kappa shape index (κ2) is 4.42. The standard InChI is InChI=1S/C15H25NO3/c17-8-14(9-18-10-14)7-16-12-11-3-6-19-13(11)15(12)4-1-2-5-15/h11-13,16-17H,1-10H2. The van der Waals surface area contributed by atoms with Gasteiger partial charge in [-0.1, -0.05) is 12.8 Å². The molecule has 19 heavy (non-hydrogen) atoms. The molecule has 2 heterocycles. The lowest BCUT2D eigenvalue weighted by molar-refractivity contribution is -0.157. The quantitative estimate of drug-likeness (QED) is 0.796. The Labute approximate surface area is 114 Å². The van der Waals surface area contributed by atoms with Gasteiger partial charge in [0.15, 0.2) is 0 Å². The van der Waals surface area contributed by atoms with Gasteiger partial charge in [-0.15, -0.1) is 0 Å². The molecular formula is C15H25NO3. The van der Waals surface area contributed by atoms with Crippen molar-refractivity contribution in [2.45, 2.75) is 44.2 Å². The van der Waals surface area contributed by atoms with Gasteiger partial charge in [-0.25, -0.2) is 0 Å². The maximum atomic E-state index is 9.54. The normalized spacial score (nSPS) is 41.8. The highest BCUT2D eigenvalue weighted by Gasteiger charge is 2.64. The number of nitrogens with one attached hydrogen (secondary N) is 1. The number of ether oxygens (including phenoxy) is 2. The third-order valence-electron chi connectivity index (χ3n) is 6.13. The van der Waals surface area contributed by atoms with Crippen molar-refractivity contribution in [3.63, 3.8) is 0 Å². The maximum Gasteiger partial charge on any atom is 0.0690 e. The summed E-state index contributed by atoms with van der Waals surface area (Å²) in [4.78, 5) is 0. The first-order chi connectivity index (χ1) is 9.30. The highest BCUT2D eigenvalue weighted by atomic mass is 16.5. The minimum absolute atomic E-state index is 0.00958. The number of fused-ring (bicyclic) bond motifs is 2. The van der Waals surface area contributed by atoms with Crippen LogP contribution in [0.1, 0.15) is 32.1 Å². The molecule has 108 valence electrons. The molecule has 0 radical (unpaired) electrons. The van der Waals surface area contributed by atoms with Crippen LogP contribution in [0.25, 0.3) is 0 Å². The molecule has 4 rings (SSSR count). The zero-order valence-electron chi connectivity index (χ0n) is 11.6. The minimum atomic E-state index is -0.00958. The highest BCUT2D eigenvalue weighted by molar-refractivity contribution is 5.17. The van der Waals surface area contributed by atoms with Crippen LogP contribution in [0.4, 0.5) is 0 Å². The largest absolute Gasteiger partial charge is 0.396 e. The van der Waals surface area contributed by atoms with Crippen molar-refractivity contribution in [2.24, 2.45) is 16.7 Å². The molecule has 2 saturated heterocycles. The first-order valence-electron chi connectivity index (χ1n) is 7.83. The lowest BCUT2D eigenvalue weighted by Gasteiger charge is -2.58. The third kappa shape index (κ3) is 1.67. The summed E-state index contributed by atoms with van der Waals surface area (Å²) in [7, 11) is 0. The fraction of sp³-hybridized carbons (Fsp3) is 1.00. The molecule has 0 aromatic carbocycles. The van der Waals surface area contributed by atoms with E-state index >= 15 is 0 Å². The molecule has 4 nitrogen and oxygen atoms in total. The zero-order valence-corrected chi connectivity index (χ0v) is 11.6. The molecule has 4 heteroatoms. The number of rotatable bonds is 4. The Morgan fingerprint density at radius 1 is 1.21 bits per heavy atom. The second-order valence-electron chi connectivity index (χ2n) is 7.19. The molecule has 0 aromatic heterocycles. The van der Waals surface area contributed by atoms with E-state index in [2.05, 4.69) is 5.32 Å². The summed E-state index contributed by atoms with van der Waals surface area (Å²) in [6.07, 6.45) is 7.11. The van der Waals surface area contributed by atoms with E-state index < -0.39 is 0 Å². The molecule has 1 spiro atoms. The molecule has 0 amide bonds. The van der Waals surface area contributed by atoms with Crippen LogP contribution in [0.3, 0.4) is 0 Å². The summed E-state index contributed by atoms with van der Waals surface area (Å²) in [6.45, 7) is 3.51. The summed E-state index contributed by atoms with van der Waals surface area (Å²) in [6, 6.07) is 0.617. The lowest BCUT2D eigenvalue weighted by atomic mass is 9.54. The van der Waals surface area contributed by atoms with Gasteiger partial charge in [-0.3, -0.25) is 0 Å². The summed E-state index contributed by atoms with van der Waals surface area (Å²) < 4.78 is 11.3. The van der Waals surface area contributed by atoms with Gasteiger partial charge in [0.2, 0.25) is 0 Å². The van der Waals surface area contributed by atoms with E-state index in [4.69, 9.17) is 9.47 Å². The Morgan fingerprint density at radius 2 is 2.00 bits per heavy atom. The predicted octanol–water partition coefficient (Wildman–Crippen LogP) is 0.933. The zero-order chi connectivity index (χ0) is 12.9. The number of aliphatic hydroxyl groups is 1. The molecule has 2 saturated carbocycles. The molecule has 2 aliphatic carbocycles. The van der Waals surface area contributed by atoms with Crippen LogP contribution in [0, 0.1) is 16.7 Å². The summed E-state index contributed by atoms with van der Waals surface area (Å²) >= 11 is 0. The molecule has 3 unspecified atom stereocenters. The van der Waals surface area contributed by atoms with Gasteiger partial charge in [0.1, 0.15) is 0 Å². The Balaban J connectivity index is 1.44. The van der Waals surface area contributed by atoms with Crippen molar-refractivity contribution < 1.29 is 14.6 Å². The Morgan fingerprint density at radius 3 is 2.63 bits per heavy atom. The monoisotopic (exact) mass is 267 g/mol. The first kappa shape index (κ1) is 12.6. The molecular weight excluding hydrogens is 242 g/mol. The average molecular weight is 267 g/mol. The Kier molecular flexibility index (Phi) is 2.92.